The third kappa shape index (κ3) is 3.26. The van der Waals surface area contributed by atoms with Gasteiger partial charge in [0.25, 0.3) is 0 Å². The number of nitrogens with one attached hydrogen (secondary N) is 2. The lowest BCUT2D eigenvalue weighted by molar-refractivity contribution is 0.246. The van der Waals surface area contributed by atoms with Gasteiger partial charge in [0, 0.05) is 36.5 Å². The Kier molecular flexibility index (Phi) is 4.42. The molecule has 0 saturated carbocycles. The average Bonchev–Trinajstić information content (AvgIpc) is 3.24. The molecule has 9 heteroatoms. The molecule has 2 aromatic carbocycles. The number of nitrogens with zero attached hydrogens (tertiary/aromatic N) is 2. The number of benzene rings is 2. The van der Waals surface area contributed by atoms with E-state index in [1.807, 2.05) is 0 Å². The number of fused-ring (bicyclic) bond motifs is 1. The first-order valence-corrected chi connectivity index (χ1v) is 8.55. The summed E-state index contributed by atoms with van der Waals surface area (Å²) in [5, 5.41) is 8.99. The van der Waals surface area contributed by atoms with E-state index in [1.54, 1.807) is 6.07 Å². The summed E-state index contributed by atoms with van der Waals surface area (Å²) >= 11 is 0. The Morgan fingerprint density at radius 1 is 1.14 bits per heavy atom. The van der Waals surface area contributed by atoms with E-state index in [0.717, 1.165) is 23.8 Å². The van der Waals surface area contributed by atoms with Crippen molar-refractivity contribution in [2.45, 2.75) is 13.0 Å². The summed E-state index contributed by atoms with van der Waals surface area (Å²) in [4.78, 5) is 13.9. The third-order valence-corrected chi connectivity index (χ3v) is 4.64. The molecule has 144 valence electrons. The average molecular weight is 387 g/mol. The number of aromatic nitrogens is 2. The molecule has 0 fully saturated rings. The van der Waals surface area contributed by atoms with Gasteiger partial charge in [-0.3, -0.25) is 10.00 Å². The van der Waals surface area contributed by atoms with Gasteiger partial charge in [-0.2, -0.15) is 5.10 Å². The van der Waals surface area contributed by atoms with Crippen LogP contribution in [-0.4, -0.2) is 22.8 Å². The van der Waals surface area contributed by atoms with Gasteiger partial charge in [0.2, 0.25) is 0 Å². The smallest absolute Gasteiger partial charge is 0.322 e. The molecule has 1 aromatic heterocycles. The van der Waals surface area contributed by atoms with E-state index < -0.39 is 23.5 Å². The van der Waals surface area contributed by atoms with Gasteiger partial charge in [-0.25, -0.2) is 18.0 Å². The summed E-state index contributed by atoms with van der Waals surface area (Å²) in [7, 11) is 0. The van der Waals surface area contributed by atoms with Gasteiger partial charge in [0.15, 0.2) is 5.82 Å². The highest BCUT2D eigenvalue weighted by molar-refractivity contribution is 5.95. The number of H-pyrrole nitrogens is 1. The maximum atomic E-state index is 14.6. The Labute approximate surface area is 158 Å². The summed E-state index contributed by atoms with van der Waals surface area (Å²) in [6.45, 7) is 0.313. The zero-order valence-corrected chi connectivity index (χ0v) is 14.6. The molecular weight excluding hydrogens is 371 g/mol. The molecule has 0 bridgehead atoms. The van der Waals surface area contributed by atoms with E-state index >= 15 is 0 Å². The number of hydrogen-bond acceptors (Lipinski definition) is 3. The normalized spacial score (nSPS) is 12.9. The van der Waals surface area contributed by atoms with Crippen LogP contribution >= 0.6 is 0 Å². The topological polar surface area (TPSA) is 87.0 Å². The van der Waals surface area contributed by atoms with Gasteiger partial charge < -0.3 is 11.1 Å². The van der Waals surface area contributed by atoms with Crippen LogP contribution in [0.2, 0.25) is 0 Å². The van der Waals surface area contributed by atoms with Crippen LogP contribution in [0.1, 0.15) is 11.1 Å². The molecule has 1 aliphatic heterocycles. The van der Waals surface area contributed by atoms with Gasteiger partial charge in [-0.05, 0) is 41.8 Å². The van der Waals surface area contributed by atoms with E-state index in [2.05, 4.69) is 15.5 Å². The number of nitrogen functional groups attached to an aromatic ring is 1. The van der Waals surface area contributed by atoms with Crippen molar-refractivity contribution in [3.63, 3.8) is 0 Å². The van der Waals surface area contributed by atoms with E-state index in [-0.39, 0.29) is 12.4 Å². The Balaban J connectivity index is 1.53. The minimum Gasteiger partial charge on any atom is -0.382 e. The van der Waals surface area contributed by atoms with Crippen molar-refractivity contribution in [1.82, 2.24) is 15.5 Å². The van der Waals surface area contributed by atoms with Crippen LogP contribution in [0.5, 0.6) is 0 Å². The zero-order valence-electron chi connectivity index (χ0n) is 14.6. The molecule has 0 unspecified atom stereocenters. The van der Waals surface area contributed by atoms with Crippen LogP contribution in [-0.2, 0) is 13.0 Å². The first kappa shape index (κ1) is 17.9. The lowest BCUT2D eigenvalue weighted by Crippen LogP contribution is -2.38. The minimum atomic E-state index is -0.719. The fraction of sp³-hybridized carbons (Fsp3) is 0.158. The van der Waals surface area contributed by atoms with Crippen molar-refractivity contribution >= 4 is 17.5 Å². The minimum absolute atomic E-state index is 0.0501. The maximum Gasteiger partial charge on any atom is 0.322 e. The van der Waals surface area contributed by atoms with Crippen molar-refractivity contribution in [3.8, 4) is 11.1 Å². The second-order valence-electron chi connectivity index (χ2n) is 6.48. The van der Waals surface area contributed by atoms with Crippen LogP contribution in [0.25, 0.3) is 11.1 Å². The molecule has 4 rings (SSSR count). The second kappa shape index (κ2) is 6.91. The highest BCUT2D eigenvalue weighted by Gasteiger charge is 2.27. The maximum absolute atomic E-state index is 14.6. The summed E-state index contributed by atoms with van der Waals surface area (Å²) in [6.07, 6.45) is 2.06. The number of anilines is 2. The molecule has 0 aliphatic carbocycles. The van der Waals surface area contributed by atoms with Crippen molar-refractivity contribution in [1.29, 1.82) is 0 Å². The fourth-order valence-electron chi connectivity index (χ4n) is 3.33. The summed E-state index contributed by atoms with van der Waals surface area (Å²) in [5.41, 5.74) is 8.04. The number of halogens is 3. The Morgan fingerprint density at radius 2 is 1.89 bits per heavy atom. The van der Waals surface area contributed by atoms with E-state index in [0.29, 0.717) is 35.3 Å². The van der Waals surface area contributed by atoms with Gasteiger partial charge in [-0.15, -0.1) is 0 Å². The summed E-state index contributed by atoms with van der Waals surface area (Å²) in [5.74, 6) is -1.78. The molecule has 1 aliphatic rings. The van der Waals surface area contributed by atoms with Crippen LogP contribution in [0.3, 0.4) is 0 Å². The van der Waals surface area contributed by atoms with Crippen LogP contribution in [0, 0.1) is 17.5 Å². The highest BCUT2D eigenvalue weighted by Crippen LogP contribution is 2.36. The number of nitrogens with two attached hydrogens (primary N) is 1. The van der Waals surface area contributed by atoms with E-state index in [9.17, 15) is 18.0 Å². The lowest BCUT2D eigenvalue weighted by atomic mass is 10.0. The Morgan fingerprint density at radius 3 is 2.57 bits per heavy atom. The van der Waals surface area contributed by atoms with Crippen molar-refractivity contribution in [3.05, 3.63) is 65.1 Å². The monoisotopic (exact) mass is 387 g/mol. The third-order valence-electron chi connectivity index (χ3n) is 4.64. The van der Waals surface area contributed by atoms with Gasteiger partial charge >= 0.3 is 6.03 Å². The number of carbonyl (C=O) groups is 1. The molecule has 2 amide bonds. The second-order valence-corrected chi connectivity index (χ2v) is 6.48. The number of hydrogen-bond donors (Lipinski definition) is 3. The van der Waals surface area contributed by atoms with Gasteiger partial charge in [0.05, 0.1) is 5.69 Å². The lowest BCUT2D eigenvalue weighted by Gasteiger charge is -2.19. The summed E-state index contributed by atoms with van der Waals surface area (Å²) < 4.78 is 41.1. The number of urea groups is 1. The zero-order chi connectivity index (χ0) is 19.8. The summed E-state index contributed by atoms with van der Waals surface area (Å²) in [6, 6.07) is 5.51. The Hall–Kier alpha value is -3.49. The molecule has 0 saturated heterocycles. The molecule has 0 atom stereocenters. The van der Waals surface area contributed by atoms with Crippen LogP contribution < -0.4 is 16.0 Å². The van der Waals surface area contributed by atoms with Gasteiger partial charge in [-0.1, -0.05) is 0 Å². The fourth-order valence-corrected chi connectivity index (χ4v) is 3.33. The molecule has 6 nitrogen and oxygen atoms in total. The number of carbonyl (C=O) groups excluding carboxylic acids is 1. The van der Waals surface area contributed by atoms with E-state index in [1.165, 1.54) is 17.2 Å². The van der Waals surface area contributed by atoms with Crippen LogP contribution in [0.4, 0.5) is 29.5 Å². The SMILES string of the molecule is Nc1n[nH]cc1-c1cc2c(cc1F)N(C(=O)NCc1cc(F)cc(F)c1)CC2. The van der Waals surface area contributed by atoms with Crippen molar-refractivity contribution in [2.24, 2.45) is 0 Å². The van der Waals surface area contributed by atoms with E-state index in [4.69, 9.17) is 5.73 Å². The number of rotatable bonds is 3. The standard InChI is InChI=1S/C19H16F3N5O/c20-12-3-10(4-13(21)6-12)8-24-19(28)27-2-1-11-5-14(16(22)7-17(11)27)15-9-25-26-18(15)23/h3-7,9H,1-2,8H2,(H,24,28)(H3,23,25,26). The molecule has 2 heterocycles. The first-order valence-electron chi connectivity index (χ1n) is 8.55. The quantitative estimate of drug-likeness (QED) is 0.644. The molecule has 4 N–H and O–H groups in total. The van der Waals surface area contributed by atoms with Gasteiger partial charge in [0.1, 0.15) is 17.5 Å². The molecular formula is C19H16F3N5O. The molecule has 3 aromatic rings. The van der Waals surface area contributed by atoms with Crippen molar-refractivity contribution < 1.29 is 18.0 Å². The highest BCUT2D eigenvalue weighted by atomic mass is 19.1. The molecule has 28 heavy (non-hydrogen) atoms. The predicted molar refractivity (Wildman–Crippen MR) is 98.0 cm³/mol. The number of amides is 2. The van der Waals surface area contributed by atoms with Crippen LogP contribution in [0.15, 0.2) is 36.5 Å². The first-order chi connectivity index (χ1) is 13.4. The largest absolute Gasteiger partial charge is 0.382 e. The molecule has 0 radical (unpaired) electrons. The van der Waals surface area contributed by atoms with Crippen molar-refractivity contribution in [2.75, 3.05) is 17.2 Å². The Bertz CT molecular complexity index is 1050. The molecule has 0 spiro atoms. The predicted octanol–water partition coefficient (Wildman–Crippen LogP) is 3.35. The number of aromatic amines is 1.